The Labute approximate surface area is 86.9 Å². The van der Waals surface area contributed by atoms with Crippen molar-refractivity contribution in [2.75, 3.05) is 6.54 Å². The molecule has 0 saturated carbocycles. The van der Waals surface area contributed by atoms with E-state index in [1.165, 1.54) is 0 Å². The maximum atomic E-state index is 13.0. The third-order valence-electron chi connectivity index (χ3n) is 1.86. The Morgan fingerprint density at radius 3 is 1.62 bits per heavy atom. The van der Waals surface area contributed by atoms with Crippen molar-refractivity contribution in [1.29, 1.82) is 0 Å². The Morgan fingerprint density at radius 2 is 1.25 bits per heavy atom. The number of hydrogen-bond acceptors (Lipinski definition) is 2. The Bertz CT molecular complexity index is 417. The second-order valence-corrected chi connectivity index (χ2v) is 2.91. The quantitative estimate of drug-likeness (QED) is 0.379. The molecule has 0 spiro atoms. The fourth-order valence-electron chi connectivity index (χ4n) is 1.11. The standard InChI is InChI=1S/C9H6F5NO/c10-5-4(3(16)1-2-15)6(11)8(13)9(14)7(5)12/h1-2,15H2. The summed E-state index contributed by atoms with van der Waals surface area (Å²) in [5.74, 6) is -12.1. The zero-order valence-corrected chi connectivity index (χ0v) is 7.79. The van der Waals surface area contributed by atoms with Crippen molar-refractivity contribution in [2.45, 2.75) is 6.42 Å². The zero-order chi connectivity index (χ0) is 12.5. The molecule has 0 radical (unpaired) electrons. The molecule has 7 heteroatoms. The molecule has 0 aliphatic heterocycles. The average Bonchev–Trinajstić information content (AvgIpc) is 2.24. The average molecular weight is 239 g/mol. The summed E-state index contributed by atoms with van der Waals surface area (Å²) >= 11 is 0. The van der Waals surface area contributed by atoms with Crippen LogP contribution in [0.25, 0.3) is 0 Å². The maximum absolute atomic E-state index is 13.0. The van der Waals surface area contributed by atoms with Gasteiger partial charge in [0, 0.05) is 6.42 Å². The number of halogens is 5. The summed E-state index contributed by atoms with van der Waals surface area (Å²) in [5, 5.41) is 0. The van der Waals surface area contributed by atoms with Crippen molar-refractivity contribution in [3.05, 3.63) is 34.6 Å². The van der Waals surface area contributed by atoms with Crippen LogP contribution in [0.5, 0.6) is 0 Å². The van der Waals surface area contributed by atoms with Crippen LogP contribution in [0.3, 0.4) is 0 Å². The Morgan fingerprint density at radius 1 is 0.875 bits per heavy atom. The van der Waals surface area contributed by atoms with Crippen LogP contribution >= 0.6 is 0 Å². The van der Waals surface area contributed by atoms with E-state index in [2.05, 4.69) is 0 Å². The molecule has 1 aromatic rings. The van der Waals surface area contributed by atoms with Crippen LogP contribution in [0.2, 0.25) is 0 Å². The van der Waals surface area contributed by atoms with Crippen LogP contribution in [0, 0.1) is 29.1 Å². The first-order valence-electron chi connectivity index (χ1n) is 4.16. The summed E-state index contributed by atoms with van der Waals surface area (Å²) < 4.78 is 63.9. The number of benzene rings is 1. The van der Waals surface area contributed by atoms with Gasteiger partial charge >= 0.3 is 0 Å². The first-order chi connectivity index (χ1) is 7.41. The van der Waals surface area contributed by atoms with Crippen LogP contribution in [0.1, 0.15) is 16.8 Å². The molecule has 0 fully saturated rings. The molecule has 2 nitrogen and oxygen atoms in total. The smallest absolute Gasteiger partial charge is 0.200 e. The predicted molar refractivity (Wildman–Crippen MR) is 44.2 cm³/mol. The molecule has 1 aromatic carbocycles. The summed E-state index contributed by atoms with van der Waals surface area (Å²) in [6, 6.07) is 0. The molecule has 0 atom stereocenters. The summed E-state index contributed by atoms with van der Waals surface area (Å²) in [7, 11) is 0. The normalized spacial score (nSPS) is 10.6. The molecule has 0 unspecified atom stereocenters. The van der Waals surface area contributed by atoms with E-state index in [-0.39, 0.29) is 6.54 Å². The zero-order valence-electron chi connectivity index (χ0n) is 7.79. The lowest BCUT2D eigenvalue weighted by Gasteiger charge is -2.06. The van der Waals surface area contributed by atoms with E-state index < -0.39 is 46.9 Å². The van der Waals surface area contributed by atoms with Gasteiger partial charge in [-0.15, -0.1) is 0 Å². The number of Topliss-reactive ketones (excluding diaryl/α,β-unsaturated/α-hetero) is 1. The lowest BCUT2D eigenvalue weighted by atomic mass is 10.1. The molecule has 88 valence electrons. The third-order valence-corrected chi connectivity index (χ3v) is 1.86. The van der Waals surface area contributed by atoms with Crippen molar-refractivity contribution in [2.24, 2.45) is 5.73 Å². The molecule has 0 heterocycles. The first kappa shape index (κ1) is 12.6. The molecular formula is C9H6F5NO. The molecule has 0 saturated heterocycles. The van der Waals surface area contributed by atoms with E-state index in [0.29, 0.717) is 0 Å². The van der Waals surface area contributed by atoms with E-state index in [9.17, 15) is 26.7 Å². The highest BCUT2D eigenvalue weighted by Crippen LogP contribution is 2.23. The van der Waals surface area contributed by atoms with Crippen LogP contribution in [-0.4, -0.2) is 12.3 Å². The Hall–Kier alpha value is -1.50. The van der Waals surface area contributed by atoms with Crippen LogP contribution in [-0.2, 0) is 0 Å². The number of hydrogen-bond donors (Lipinski definition) is 1. The van der Waals surface area contributed by atoms with E-state index in [1.807, 2.05) is 0 Å². The molecule has 2 N–H and O–H groups in total. The SMILES string of the molecule is NCCC(=O)c1c(F)c(F)c(F)c(F)c1F. The maximum Gasteiger partial charge on any atom is 0.200 e. The molecule has 16 heavy (non-hydrogen) atoms. The molecule has 0 bridgehead atoms. The first-order valence-corrected chi connectivity index (χ1v) is 4.16. The van der Waals surface area contributed by atoms with Crippen molar-refractivity contribution >= 4 is 5.78 Å². The fraction of sp³-hybridized carbons (Fsp3) is 0.222. The van der Waals surface area contributed by atoms with Gasteiger partial charge in [0.05, 0.1) is 5.56 Å². The number of ketones is 1. The largest absolute Gasteiger partial charge is 0.330 e. The lowest BCUT2D eigenvalue weighted by molar-refractivity contribution is 0.0974. The highest BCUT2D eigenvalue weighted by Gasteiger charge is 2.28. The molecule has 0 aliphatic carbocycles. The minimum Gasteiger partial charge on any atom is -0.330 e. The minimum atomic E-state index is -2.29. The molecule has 0 aliphatic rings. The molecule has 0 aromatic heterocycles. The van der Waals surface area contributed by atoms with Crippen molar-refractivity contribution in [3.63, 3.8) is 0 Å². The van der Waals surface area contributed by atoms with Gasteiger partial charge in [-0.3, -0.25) is 4.79 Å². The second-order valence-electron chi connectivity index (χ2n) is 2.91. The Kier molecular flexibility index (Phi) is 3.58. The van der Waals surface area contributed by atoms with E-state index in [0.717, 1.165) is 0 Å². The van der Waals surface area contributed by atoms with Gasteiger partial charge in [-0.1, -0.05) is 0 Å². The number of carbonyl (C=O) groups excluding carboxylic acids is 1. The van der Waals surface area contributed by atoms with Crippen LogP contribution in [0.4, 0.5) is 22.0 Å². The van der Waals surface area contributed by atoms with Crippen LogP contribution < -0.4 is 5.73 Å². The van der Waals surface area contributed by atoms with Gasteiger partial charge in [0.15, 0.2) is 29.1 Å². The van der Waals surface area contributed by atoms with Gasteiger partial charge in [-0.05, 0) is 6.54 Å². The summed E-state index contributed by atoms with van der Waals surface area (Å²) in [5.41, 5.74) is 3.50. The predicted octanol–water partition coefficient (Wildman–Crippen LogP) is 1.91. The highest BCUT2D eigenvalue weighted by molar-refractivity contribution is 5.96. The third kappa shape index (κ3) is 1.90. The lowest BCUT2D eigenvalue weighted by Crippen LogP contribution is -2.15. The minimum absolute atomic E-state index is 0.252. The highest BCUT2D eigenvalue weighted by atomic mass is 19.2. The van der Waals surface area contributed by atoms with Gasteiger partial charge in [-0.25, -0.2) is 22.0 Å². The molecule has 0 amide bonds. The molecule has 1 rings (SSSR count). The van der Waals surface area contributed by atoms with E-state index in [1.54, 1.807) is 0 Å². The number of carbonyl (C=O) groups is 1. The number of rotatable bonds is 3. The monoisotopic (exact) mass is 239 g/mol. The fourth-order valence-corrected chi connectivity index (χ4v) is 1.11. The number of nitrogens with two attached hydrogens (primary N) is 1. The Balaban J connectivity index is 3.45. The van der Waals surface area contributed by atoms with Crippen molar-refractivity contribution < 1.29 is 26.7 Å². The summed E-state index contributed by atoms with van der Waals surface area (Å²) in [6.45, 7) is -0.252. The topological polar surface area (TPSA) is 43.1 Å². The van der Waals surface area contributed by atoms with Gasteiger partial charge in [0.25, 0.3) is 0 Å². The van der Waals surface area contributed by atoms with E-state index in [4.69, 9.17) is 5.73 Å². The summed E-state index contributed by atoms with van der Waals surface area (Å²) in [4.78, 5) is 11.1. The van der Waals surface area contributed by atoms with Crippen molar-refractivity contribution in [3.8, 4) is 0 Å². The van der Waals surface area contributed by atoms with Gasteiger partial charge < -0.3 is 5.73 Å². The van der Waals surface area contributed by atoms with Gasteiger partial charge in [0.1, 0.15) is 0 Å². The van der Waals surface area contributed by atoms with Gasteiger partial charge in [0.2, 0.25) is 5.82 Å². The van der Waals surface area contributed by atoms with Crippen molar-refractivity contribution in [1.82, 2.24) is 0 Å². The van der Waals surface area contributed by atoms with E-state index >= 15 is 0 Å². The van der Waals surface area contributed by atoms with Gasteiger partial charge in [-0.2, -0.15) is 0 Å². The summed E-state index contributed by atoms with van der Waals surface area (Å²) in [6.07, 6.45) is -0.502. The van der Waals surface area contributed by atoms with Crippen LogP contribution in [0.15, 0.2) is 0 Å². The second kappa shape index (κ2) is 4.56. The molecular weight excluding hydrogens is 233 g/mol.